The molecular weight excluding hydrogens is 614 g/mol. The van der Waals surface area contributed by atoms with E-state index in [9.17, 15) is 20.0 Å². The van der Waals surface area contributed by atoms with Crippen LogP contribution in [0.4, 0.5) is 0 Å². The average molecular weight is 654 g/mol. The van der Waals surface area contributed by atoms with E-state index < -0.39 is 18.1 Å². The fraction of sp³-hybridized carbons (Fsp3) is 0.432. The summed E-state index contributed by atoms with van der Waals surface area (Å²) in [6.45, 7) is 5.00. The first-order chi connectivity index (χ1) is 23.1. The molecule has 0 amide bonds. The second kappa shape index (κ2) is 12.3. The summed E-state index contributed by atoms with van der Waals surface area (Å²) in [4.78, 5) is 30.0. The fourth-order valence-corrected chi connectivity index (χ4v) is 8.41. The van der Waals surface area contributed by atoms with E-state index in [2.05, 4.69) is 15.9 Å². The molecule has 1 fully saturated rings. The van der Waals surface area contributed by atoms with Crippen LogP contribution in [-0.4, -0.2) is 72.5 Å². The average Bonchev–Trinajstić information content (AvgIpc) is 3.56. The summed E-state index contributed by atoms with van der Waals surface area (Å²) < 4.78 is 29.5. The normalized spacial score (nSPS) is 23.7. The first kappa shape index (κ1) is 31.8. The number of fused-ring (bicyclic) bond motifs is 9. The van der Waals surface area contributed by atoms with Crippen molar-refractivity contribution in [1.82, 2.24) is 9.80 Å². The number of aromatic hydroxyl groups is 1. The maximum atomic E-state index is 13.3. The number of piperazine rings is 1. The zero-order valence-electron chi connectivity index (χ0n) is 27.7. The third kappa shape index (κ3) is 5.02. The van der Waals surface area contributed by atoms with Gasteiger partial charge in [0.15, 0.2) is 23.0 Å². The lowest BCUT2D eigenvalue weighted by Gasteiger charge is -2.59. The number of benzene rings is 3. The molecule has 7 rings (SSSR count). The number of hydrogen-bond acceptors (Lipinski definition) is 11. The molecule has 4 aliphatic rings. The number of hydrogen-bond donors (Lipinski definition) is 1. The zero-order valence-corrected chi connectivity index (χ0v) is 27.7. The van der Waals surface area contributed by atoms with Crippen molar-refractivity contribution in [3.8, 4) is 34.8 Å². The first-order valence-electron chi connectivity index (χ1n) is 16.3. The van der Waals surface area contributed by atoms with E-state index in [1.54, 1.807) is 7.11 Å². The number of methoxy groups -OCH3 is 1. The molecule has 1 unspecified atom stereocenters. The summed E-state index contributed by atoms with van der Waals surface area (Å²) in [5.41, 5.74) is 5.61. The van der Waals surface area contributed by atoms with Gasteiger partial charge in [0.1, 0.15) is 18.4 Å². The van der Waals surface area contributed by atoms with Crippen LogP contribution in [-0.2, 0) is 33.6 Å². The Morgan fingerprint density at radius 1 is 1.06 bits per heavy atom. The molecule has 11 nitrogen and oxygen atoms in total. The predicted octanol–water partition coefficient (Wildman–Crippen LogP) is 4.62. The Morgan fingerprint density at radius 2 is 1.81 bits per heavy atom. The number of nitrogens with zero attached hydrogens (tertiary/aromatic N) is 3. The lowest BCUT2D eigenvalue weighted by atomic mass is 9.71. The van der Waals surface area contributed by atoms with E-state index in [1.807, 2.05) is 57.3 Å². The van der Waals surface area contributed by atoms with Crippen molar-refractivity contribution in [3.63, 3.8) is 0 Å². The molecule has 3 aromatic carbocycles. The van der Waals surface area contributed by atoms with Crippen molar-refractivity contribution < 1.29 is 38.4 Å². The molecule has 3 aromatic rings. The Labute approximate surface area is 279 Å². The second-order valence-corrected chi connectivity index (χ2v) is 13.0. The molecule has 4 heterocycles. The summed E-state index contributed by atoms with van der Waals surface area (Å²) in [6, 6.07) is 12.2. The van der Waals surface area contributed by atoms with Gasteiger partial charge in [-0.2, -0.15) is 5.26 Å². The van der Waals surface area contributed by atoms with E-state index in [-0.39, 0.29) is 49.7 Å². The molecule has 2 bridgehead atoms. The number of ether oxygens (including phenoxy) is 5. The monoisotopic (exact) mass is 653 g/mol. The minimum absolute atomic E-state index is 0.0186. The number of carbonyl (C=O) groups is 2. The number of aryl methyl sites for hydroxylation is 2. The molecule has 0 saturated carbocycles. The second-order valence-electron chi connectivity index (χ2n) is 13.0. The van der Waals surface area contributed by atoms with Crippen LogP contribution in [0.25, 0.3) is 0 Å². The summed E-state index contributed by atoms with van der Waals surface area (Å²) >= 11 is 0. The first-order valence-corrected chi connectivity index (χ1v) is 16.3. The lowest BCUT2D eigenvalue weighted by Crippen LogP contribution is -2.68. The van der Waals surface area contributed by atoms with E-state index in [4.69, 9.17) is 23.7 Å². The van der Waals surface area contributed by atoms with Gasteiger partial charge in [-0.25, -0.2) is 0 Å². The van der Waals surface area contributed by atoms with Crippen LogP contribution in [0.3, 0.4) is 0 Å². The van der Waals surface area contributed by atoms with Crippen molar-refractivity contribution in [1.29, 1.82) is 5.26 Å². The van der Waals surface area contributed by atoms with E-state index in [0.29, 0.717) is 53.4 Å². The van der Waals surface area contributed by atoms with Crippen LogP contribution in [0.15, 0.2) is 36.4 Å². The van der Waals surface area contributed by atoms with Gasteiger partial charge < -0.3 is 28.8 Å². The molecule has 48 heavy (non-hydrogen) atoms. The van der Waals surface area contributed by atoms with Gasteiger partial charge in [0.25, 0.3) is 0 Å². The van der Waals surface area contributed by atoms with Gasteiger partial charge in [-0.3, -0.25) is 19.4 Å². The lowest BCUT2D eigenvalue weighted by molar-refractivity contribution is -0.149. The SMILES string of the molecule is COc1c(C)cc2c(c1O)[C@@H]1C3Cc4c(OC(C)=O)c(C)c5c(c4[C@H](COC(=O)CCc4ccccc4)N3[C@@H](C#N)[C@@H](C2)N1C)OCO5. The Kier molecular flexibility index (Phi) is 8.17. The molecule has 0 radical (unpaired) electrons. The predicted molar refractivity (Wildman–Crippen MR) is 173 cm³/mol. The number of carbonyl (C=O) groups excluding carboxylic acids is 2. The number of likely N-dealkylation sites (N-methyl/N-ethyl adjacent to an activating group) is 1. The molecule has 1 saturated heterocycles. The topological polar surface area (TPSA) is 131 Å². The summed E-state index contributed by atoms with van der Waals surface area (Å²) in [7, 11) is 3.52. The Morgan fingerprint density at radius 3 is 2.52 bits per heavy atom. The molecular formula is C37H39N3O8. The molecule has 0 aromatic heterocycles. The molecule has 11 heteroatoms. The number of phenolic OH excluding ortho intramolecular Hbond substituents is 1. The zero-order chi connectivity index (χ0) is 33.9. The molecule has 0 aliphatic carbocycles. The number of rotatable bonds is 7. The van der Waals surface area contributed by atoms with Gasteiger partial charge in [-0.15, -0.1) is 0 Å². The Hall–Kier alpha value is -4.79. The van der Waals surface area contributed by atoms with Crippen LogP contribution in [0, 0.1) is 25.2 Å². The highest BCUT2D eigenvalue weighted by Crippen LogP contribution is 2.58. The van der Waals surface area contributed by atoms with Crippen molar-refractivity contribution in [2.24, 2.45) is 0 Å². The maximum Gasteiger partial charge on any atom is 0.308 e. The minimum Gasteiger partial charge on any atom is -0.504 e. The summed E-state index contributed by atoms with van der Waals surface area (Å²) in [5.74, 6) is 0.987. The summed E-state index contributed by atoms with van der Waals surface area (Å²) in [5, 5.41) is 22.5. The van der Waals surface area contributed by atoms with Gasteiger partial charge in [-0.05, 0) is 56.8 Å². The highest BCUT2D eigenvalue weighted by molar-refractivity contribution is 5.74. The molecule has 1 N–H and O–H groups in total. The van der Waals surface area contributed by atoms with Crippen molar-refractivity contribution in [2.45, 2.75) is 76.7 Å². The maximum absolute atomic E-state index is 13.3. The van der Waals surface area contributed by atoms with Crippen molar-refractivity contribution in [2.75, 3.05) is 27.6 Å². The molecule has 5 atom stereocenters. The highest BCUT2D eigenvalue weighted by Gasteiger charge is 2.57. The van der Waals surface area contributed by atoms with Gasteiger partial charge in [0, 0.05) is 47.7 Å². The largest absolute Gasteiger partial charge is 0.504 e. The van der Waals surface area contributed by atoms with Crippen molar-refractivity contribution >= 4 is 11.9 Å². The van der Waals surface area contributed by atoms with Crippen LogP contribution < -0.4 is 18.9 Å². The number of esters is 2. The van der Waals surface area contributed by atoms with E-state index in [0.717, 1.165) is 27.8 Å². The smallest absolute Gasteiger partial charge is 0.308 e. The van der Waals surface area contributed by atoms with E-state index >= 15 is 0 Å². The number of nitriles is 1. The standard InChI is InChI=1S/C37H39N3O8/c1-19-13-23-14-25-27(16-38)40-26(32(39(25)4)30(23)33(43)34(19)44-5)15-24-31(37-36(46-18-47-37)20(2)35(24)48-21(3)41)28(40)17-45-29(42)12-11-22-9-7-6-8-10-22/h6-10,13,25-28,32,43H,11-12,14-15,17-18H2,1-5H3/t25-,26?,27+,28+,32+/m1/s1. The van der Waals surface area contributed by atoms with Crippen LogP contribution in [0.5, 0.6) is 28.7 Å². The van der Waals surface area contributed by atoms with Crippen LogP contribution >= 0.6 is 0 Å². The molecule has 4 aliphatic heterocycles. The summed E-state index contributed by atoms with van der Waals surface area (Å²) in [6.07, 6.45) is 1.61. The quantitative estimate of drug-likeness (QED) is 0.283. The molecule has 250 valence electrons. The van der Waals surface area contributed by atoms with Crippen LogP contribution in [0.2, 0.25) is 0 Å². The van der Waals surface area contributed by atoms with Gasteiger partial charge >= 0.3 is 11.9 Å². The Bertz CT molecular complexity index is 1840. The minimum atomic E-state index is -0.635. The number of phenols is 1. The van der Waals surface area contributed by atoms with Crippen molar-refractivity contribution in [3.05, 3.63) is 75.3 Å². The van der Waals surface area contributed by atoms with Gasteiger partial charge in [0.05, 0.1) is 25.3 Å². The van der Waals surface area contributed by atoms with E-state index in [1.165, 1.54) is 6.92 Å². The third-order valence-corrected chi connectivity index (χ3v) is 10.4. The van der Waals surface area contributed by atoms with Gasteiger partial charge in [-0.1, -0.05) is 36.4 Å². The Balaban J connectivity index is 1.37. The highest BCUT2D eigenvalue weighted by atomic mass is 16.7. The van der Waals surface area contributed by atoms with Crippen LogP contribution in [0.1, 0.15) is 64.4 Å². The third-order valence-electron chi connectivity index (χ3n) is 10.4. The molecule has 0 spiro atoms. The fourth-order valence-electron chi connectivity index (χ4n) is 8.41. The van der Waals surface area contributed by atoms with Gasteiger partial charge in [0.2, 0.25) is 6.79 Å².